The van der Waals surface area contributed by atoms with Crippen molar-refractivity contribution in [1.82, 2.24) is 4.90 Å². The van der Waals surface area contributed by atoms with E-state index in [0.29, 0.717) is 17.0 Å². The van der Waals surface area contributed by atoms with E-state index in [-0.39, 0.29) is 18.4 Å². The molecule has 5 nitrogen and oxygen atoms in total. The van der Waals surface area contributed by atoms with E-state index in [0.717, 1.165) is 30.4 Å². The quantitative estimate of drug-likeness (QED) is 0.828. The molecule has 1 aliphatic rings. The molecule has 0 radical (unpaired) electrons. The molecular formula is C19H19BrN2O3. The summed E-state index contributed by atoms with van der Waals surface area (Å²) in [5.41, 5.74) is 1.19. The van der Waals surface area contributed by atoms with Crippen molar-refractivity contribution < 1.29 is 14.3 Å². The Balaban J connectivity index is 1.61. The van der Waals surface area contributed by atoms with Crippen LogP contribution < -0.4 is 10.1 Å². The zero-order valence-electron chi connectivity index (χ0n) is 13.7. The highest BCUT2D eigenvalue weighted by Gasteiger charge is 2.22. The van der Waals surface area contributed by atoms with Crippen molar-refractivity contribution in [3.8, 4) is 5.75 Å². The maximum atomic E-state index is 12.6. The van der Waals surface area contributed by atoms with Gasteiger partial charge in [0.15, 0.2) is 6.61 Å². The van der Waals surface area contributed by atoms with Crippen LogP contribution >= 0.6 is 15.9 Å². The number of halogens is 1. The van der Waals surface area contributed by atoms with Gasteiger partial charge < -0.3 is 15.0 Å². The first-order chi connectivity index (χ1) is 12.1. The first-order valence-electron chi connectivity index (χ1n) is 8.20. The van der Waals surface area contributed by atoms with E-state index in [1.165, 1.54) is 0 Å². The molecular weight excluding hydrogens is 384 g/mol. The number of likely N-dealkylation sites (tertiary alicyclic amines) is 1. The Hall–Kier alpha value is -2.34. The number of hydrogen-bond donors (Lipinski definition) is 1. The third kappa shape index (κ3) is 4.60. The molecule has 130 valence electrons. The largest absolute Gasteiger partial charge is 0.483 e. The molecule has 1 saturated heterocycles. The third-order valence-corrected chi connectivity index (χ3v) is 4.53. The van der Waals surface area contributed by atoms with Gasteiger partial charge in [-0.25, -0.2) is 0 Å². The molecule has 25 heavy (non-hydrogen) atoms. The van der Waals surface area contributed by atoms with Crippen LogP contribution in [0.25, 0.3) is 0 Å². The number of carbonyl (C=O) groups excluding carboxylic acids is 2. The van der Waals surface area contributed by atoms with Gasteiger partial charge in [-0.2, -0.15) is 0 Å². The third-order valence-electron chi connectivity index (χ3n) is 4.00. The number of anilines is 1. The summed E-state index contributed by atoms with van der Waals surface area (Å²) in [6.07, 6.45) is 2.06. The van der Waals surface area contributed by atoms with Crippen LogP contribution in [-0.4, -0.2) is 36.4 Å². The Morgan fingerprint density at radius 2 is 1.72 bits per heavy atom. The molecule has 6 heteroatoms. The van der Waals surface area contributed by atoms with Crippen LogP contribution in [0.15, 0.2) is 53.0 Å². The maximum absolute atomic E-state index is 12.6. The van der Waals surface area contributed by atoms with E-state index in [4.69, 9.17) is 4.74 Å². The van der Waals surface area contributed by atoms with Gasteiger partial charge in [0.25, 0.3) is 11.8 Å². The fourth-order valence-electron chi connectivity index (χ4n) is 2.73. The van der Waals surface area contributed by atoms with Crippen molar-refractivity contribution in [1.29, 1.82) is 0 Å². The van der Waals surface area contributed by atoms with Gasteiger partial charge in [-0.1, -0.05) is 28.1 Å². The number of hydrogen-bond acceptors (Lipinski definition) is 3. The fraction of sp³-hybridized carbons (Fsp3) is 0.263. The van der Waals surface area contributed by atoms with Crippen LogP contribution in [0, 0.1) is 0 Å². The van der Waals surface area contributed by atoms with E-state index < -0.39 is 0 Å². The van der Waals surface area contributed by atoms with Crippen LogP contribution in [0.5, 0.6) is 5.75 Å². The Morgan fingerprint density at radius 3 is 2.44 bits per heavy atom. The molecule has 0 unspecified atom stereocenters. The topological polar surface area (TPSA) is 58.6 Å². The summed E-state index contributed by atoms with van der Waals surface area (Å²) in [6, 6.07) is 14.3. The van der Waals surface area contributed by atoms with Crippen molar-refractivity contribution in [3.05, 3.63) is 58.6 Å². The zero-order chi connectivity index (χ0) is 17.6. The molecule has 2 aromatic carbocycles. The molecule has 1 heterocycles. The van der Waals surface area contributed by atoms with Crippen LogP contribution in [0.2, 0.25) is 0 Å². The van der Waals surface area contributed by atoms with Crippen molar-refractivity contribution in [2.75, 3.05) is 25.0 Å². The average Bonchev–Trinajstić information content (AvgIpc) is 3.16. The van der Waals surface area contributed by atoms with Crippen molar-refractivity contribution in [2.24, 2.45) is 0 Å². The number of nitrogens with one attached hydrogen (secondary N) is 1. The molecule has 0 bridgehead atoms. The predicted molar refractivity (Wildman–Crippen MR) is 99.8 cm³/mol. The average molecular weight is 403 g/mol. The standard InChI is InChI=1S/C19H19BrN2O3/c20-14-7-9-15(10-8-14)21-18(23)13-25-17-6-2-1-5-16(17)19(24)22-11-3-4-12-22/h1-2,5-10H,3-4,11-13H2,(H,21,23). The summed E-state index contributed by atoms with van der Waals surface area (Å²) in [7, 11) is 0. The molecule has 2 amide bonds. The molecule has 0 atom stereocenters. The van der Waals surface area contributed by atoms with Crippen LogP contribution in [0.3, 0.4) is 0 Å². The molecule has 0 saturated carbocycles. The molecule has 0 spiro atoms. The second kappa shape index (κ2) is 8.16. The van der Waals surface area contributed by atoms with Crippen molar-refractivity contribution in [2.45, 2.75) is 12.8 Å². The van der Waals surface area contributed by atoms with Gasteiger partial charge in [-0.3, -0.25) is 9.59 Å². The number of amides is 2. The Bertz CT molecular complexity index is 756. The SMILES string of the molecule is O=C(COc1ccccc1C(=O)N1CCCC1)Nc1ccc(Br)cc1. The Morgan fingerprint density at radius 1 is 1.04 bits per heavy atom. The van der Waals surface area contributed by atoms with Crippen LogP contribution in [0.4, 0.5) is 5.69 Å². The van der Waals surface area contributed by atoms with Gasteiger partial charge in [-0.15, -0.1) is 0 Å². The predicted octanol–water partition coefficient (Wildman–Crippen LogP) is 3.70. The second-order valence-electron chi connectivity index (χ2n) is 5.84. The van der Waals surface area contributed by atoms with E-state index >= 15 is 0 Å². The normalized spacial score (nSPS) is 13.6. The zero-order valence-corrected chi connectivity index (χ0v) is 15.3. The highest BCUT2D eigenvalue weighted by atomic mass is 79.9. The van der Waals surface area contributed by atoms with Crippen LogP contribution in [0.1, 0.15) is 23.2 Å². The summed E-state index contributed by atoms with van der Waals surface area (Å²) in [5.74, 6) is 0.123. The number of para-hydroxylation sites is 1. The van der Waals surface area contributed by atoms with Gasteiger partial charge in [0.05, 0.1) is 5.56 Å². The van der Waals surface area contributed by atoms with Crippen molar-refractivity contribution >= 4 is 33.4 Å². The molecule has 2 aromatic rings. The molecule has 3 rings (SSSR count). The smallest absolute Gasteiger partial charge is 0.262 e. The number of nitrogens with zero attached hydrogens (tertiary/aromatic N) is 1. The number of benzene rings is 2. The minimum absolute atomic E-state index is 0.0404. The molecule has 1 N–H and O–H groups in total. The van der Waals surface area contributed by atoms with E-state index in [1.807, 2.05) is 17.0 Å². The number of carbonyl (C=O) groups is 2. The summed E-state index contributed by atoms with van der Waals surface area (Å²) in [6.45, 7) is 1.40. The second-order valence-corrected chi connectivity index (χ2v) is 6.75. The first kappa shape index (κ1) is 17.5. The van der Waals surface area contributed by atoms with Gasteiger partial charge >= 0.3 is 0 Å². The van der Waals surface area contributed by atoms with E-state index in [2.05, 4.69) is 21.2 Å². The van der Waals surface area contributed by atoms with Crippen molar-refractivity contribution in [3.63, 3.8) is 0 Å². The lowest BCUT2D eigenvalue weighted by molar-refractivity contribution is -0.118. The minimum atomic E-state index is -0.272. The first-order valence-corrected chi connectivity index (χ1v) is 8.99. The monoisotopic (exact) mass is 402 g/mol. The summed E-state index contributed by atoms with van der Waals surface area (Å²) in [4.78, 5) is 26.5. The highest BCUT2D eigenvalue weighted by molar-refractivity contribution is 9.10. The van der Waals surface area contributed by atoms with Gasteiger partial charge in [0, 0.05) is 23.2 Å². The summed E-state index contributed by atoms with van der Waals surface area (Å²) in [5, 5.41) is 2.76. The molecule has 0 aliphatic carbocycles. The lowest BCUT2D eigenvalue weighted by Gasteiger charge is -2.17. The van der Waals surface area contributed by atoms with Crippen LogP contribution in [-0.2, 0) is 4.79 Å². The van der Waals surface area contributed by atoms with Gasteiger partial charge in [0.1, 0.15) is 5.75 Å². The summed E-state index contributed by atoms with van der Waals surface area (Å²) < 4.78 is 6.55. The number of rotatable bonds is 5. The van der Waals surface area contributed by atoms with Gasteiger partial charge in [-0.05, 0) is 49.2 Å². The molecule has 1 aliphatic heterocycles. The number of ether oxygens (including phenoxy) is 1. The van der Waals surface area contributed by atoms with Gasteiger partial charge in [0.2, 0.25) is 0 Å². The minimum Gasteiger partial charge on any atom is -0.483 e. The maximum Gasteiger partial charge on any atom is 0.262 e. The van der Waals surface area contributed by atoms with E-state index in [1.54, 1.807) is 36.4 Å². The molecule has 0 aromatic heterocycles. The highest BCUT2D eigenvalue weighted by Crippen LogP contribution is 2.22. The summed E-state index contributed by atoms with van der Waals surface area (Å²) >= 11 is 3.35. The lowest BCUT2D eigenvalue weighted by atomic mass is 10.2. The fourth-order valence-corrected chi connectivity index (χ4v) is 3.00. The van der Waals surface area contributed by atoms with E-state index in [9.17, 15) is 9.59 Å². The molecule has 1 fully saturated rings. The Labute approximate surface area is 155 Å². The Kier molecular flexibility index (Phi) is 5.71. The lowest BCUT2D eigenvalue weighted by Crippen LogP contribution is -2.28.